The van der Waals surface area contributed by atoms with Crippen molar-refractivity contribution in [1.29, 1.82) is 0 Å². The number of rotatable bonds is 7. The van der Waals surface area contributed by atoms with Crippen LogP contribution in [0.15, 0.2) is 291 Å². The molecule has 1 unspecified atom stereocenters. The Morgan fingerprint density at radius 3 is 1.59 bits per heavy atom. The Morgan fingerprint density at radius 2 is 0.816 bits per heavy atom. The first kappa shape index (κ1) is 42.7. The topological polar surface area (TPSA) is 8.17 Å². The van der Waals surface area contributed by atoms with Crippen molar-refractivity contribution in [2.75, 3.05) is 4.90 Å². The molecule has 13 aromatic rings. The van der Waals surface area contributed by atoms with Gasteiger partial charge in [0.05, 0.1) is 33.2 Å². The molecule has 0 amide bonds. The van der Waals surface area contributed by atoms with Crippen LogP contribution >= 0.6 is 0 Å². The number of fused-ring (bicyclic) bond motifs is 15. The number of hydrogen-bond donors (Lipinski definition) is 0. The van der Waals surface area contributed by atoms with Crippen LogP contribution in [0.2, 0.25) is 0 Å². The highest BCUT2D eigenvalue weighted by Crippen LogP contribution is 2.64. The van der Waals surface area contributed by atoms with E-state index in [2.05, 4.69) is 301 Å². The maximum atomic E-state index is 2.52. The van der Waals surface area contributed by atoms with Crippen molar-refractivity contribution in [2.24, 2.45) is 0 Å². The molecule has 16 rings (SSSR count). The second-order valence-corrected chi connectivity index (χ2v) is 20.7. The smallest absolute Gasteiger partial charge is 0.0755 e. The molecule has 0 N–H and O–H groups in total. The predicted molar refractivity (Wildman–Crippen MR) is 315 cm³/mol. The average molecular weight is 965 g/mol. The Bertz CT molecular complexity index is 4410. The normalized spacial score (nSPS) is 15.0. The minimum absolute atomic E-state index is 0.479. The molecule has 0 saturated heterocycles. The number of nitrogens with zero attached hydrogens (tertiary/aromatic N) is 2. The maximum Gasteiger partial charge on any atom is 0.0755 e. The zero-order valence-electron chi connectivity index (χ0n) is 41.6. The Morgan fingerprint density at radius 1 is 0.289 bits per heavy atom. The summed E-state index contributed by atoms with van der Waals surface area (Å²) in [4.78, 5) is 2.51. The summed E-state index contributed by atoms with van der Waals surface area (Å²) < 4.78 is 2.52. The molecule has 0 saturated carbocycles. The minimum Gasteiger partial charge on any atom is -0.310 e. The van der Waals surface area contributed by atoms with Crippen molar-refractivity contribution in [1.82, 2.24) is 4.57 Å². The molecule has 0 radical (unpaired) electrons. The summed E-state index contributed by atoms with van der Waals surface area (Å²) in [7, 11) is 0. The van der Waals surface area contributed by atoms with Crippen molar-refractivity contribution in [2.45, 2.75) is 10.8 Å². The number of benzene rings is 12. The molecule has 2 aliphatic carbocycles. The van der Waals surface area contributed by atoms with Gasteiger partial charge in [0.1, 0.15) is 0 Å². The van der Waals surface area contributed by atoms with E-state index in [-0.39, 0.29) is 0 Å². The molecule has 76 heavy (non-hydrogen) atoms. The molecule has 1 aliphatic heterocycles. The minimum atomic E-state index is -0.578. The highest BCUT2D eigenvalue weighted by molar-refractivity contribution is 6.13. The van der Waals surface area contributed by atoms with Gasteiger partial charge in [0.15, 0.2) is 0 Å². The van der Waals surface area contributed by atoms with E-state index >= 15 is 0 Å². The van der Waals surface area contributed by atoms with Crippen LogP contribution in [0.25, 0.3) is 72.0 Å². The van der Waals surface area contributed by atoms with Crippen LogP contribution in [0.3, 0.4) is 0 Å². The molecule has 0 fully saturated rings. The fraction of sp³-hybridized carbons (Fsp3) is 0.0270. The van der Waals surface area contributed by atoms with Gasteiger partial charge >= 0.3 is 0 Å². The summed E-state index contributed by atoms with van der Waals surface area (Å²) in [5, 5.41) is 2.55. The number of hydrogen-bond acceptors (Lipinski definition) is 1. The van der Waals surface area contributed by atoms with Crippen LogP contribution in [0.4, 0.5) is 17.1 Å². The lowest BCUT2D eigenvalue weighted by atomic mass is 9.65. The Labute approximate surface area is 442 Å². The van der Waals surface area contributed by atoms with Crippen molar-refractivity contribution >= 4 is 38.9 Å². The first-order valence-corrected chi connectivity index (χ1v) is 26.5. The number of aromatic nitrogens is 1. The first-order chi connectivity index (χ1) is 37.7. The molecule has 354 valence electrons. The van der Waals surface area contributed by atoms with Crippen LogP contribution in [-0.2, 0) is 10.8 Å². The third-order valence-electron chi connectivity index (χ3n) is 17.1. The zero-order valence-corrected chi connectivity index (χ0v) is 41.6. The van der Waals surface area contributed by atoms with Crippen molar-refractivity contribution in [3.63, 3.8) is 0 Å². The largest absolute Gasteiger partial charge is 0.310 e. The lowest BCUT2D eigenvalue weighted by molar-refractivity contribution is 0.748. The van der Waals surface area contributed by atoms with Gasteiger partial charge in [-0.05, 0) is 132 Å². The fourth-order valence-corrected chi connectivity index (χ4v) is 14.1. The third kappa shape index (κ3) is 5.76. The number of anilines is 3. The lowest BCUT2D eigenvalue weighted by Crippen LogP contribution is -2.33. The maximum absolute atomic E-state index is 2.52. The quantitative estimate of drug-likeness (QED) is 0.155. The second kappa shape index (κ2) is 16.4. The molecular formula is C74H48N2. The summed E-state index contributed by atoms with van der Waals surface area (Å²) in [6.45, 7) is 0. The molecule has 12 aromatic carbocycles. The monoisotopic (exact) mass is 964 g/mol. The molecule has 1 aromatic heterocycles. The number of para-hydroxylation sites is 3. The van der Waals surface area contributed by atoms with Crippen LogP contribution in [0.5, 0.6) is 0 Å². The van der Waals surface area contributed by atoms with Gasteiger partial charge in [-0.3, -0.25) is 0 Å². The fourth-order valence-electron chi connectivity index (χ4n) is 14.1. The van der Waals surface area contributed by atoms with Crippen LogP contribution in [-0.4, -0.2) is 4.57 Å². The van der Waals surface area contributed by atoms with E-state index < -0.39 is 10.8 Å². The van der Waals surface area contributed by atoms with Gasteiger partial charge in [-0.1, -0.05) is 243 Å². The van der Waals surface area contributed by atoms with Gasteiger partial charge in [0.2, 0.25) is 0 Å². The summed E-state index contributed by atoms with van der Waals surface area (Å²) in [6.07, 6.45) is 0. The van der Waals surface area contributed by atoms with E-state index in [9.17, 15) is 0 Å². The van der Waals surface area contributed by atoms with Crippen molar-refractivity contribution in [3.05, 3.63) is 336 Å². The standard InChI is InChI=1S/C74H48N2/c1-4-21-49(22-5-1)51-23-18-28-56(47-51)75(55-44-41-50(42-45-55)52-43-46-58-57-29-10-13-33-62(57)73(67(58)48-52,53-24-6-2-7-25-53)54-26-8-3-9-27-54)70-40-20-36-65-71(70)61-31-11-14-34-63(61)74(65)64-35-15-17-39-69(64)76-68-38-16-12-30-59(68)60-32-19-37-66(74)72(60)76/h1-48H. The lowest BCUT2D eigenvalue weighted by Gasteiger charge is -2.39. The Balaban J connectivity index is 0.908. The molecule has 3 aliphatic rings. The van der Waals surface area contributed by atoms with Crippen molar-refractivity contribution < 1.29 is 0 Å². The van der Waals surface area contributed by atoms with E-state index in [0.717, 1.165) is 17.1 Å². The van der Waals surface area contributed by atoms with Gasteiger partial charge in [0.25, 0.3) is 0 Å². The molecule has 2 heteroatoms. The highest BCUT2D eigenvalue weighted by Gasteiger charge is 2.52. The summed E-state index contributed by atoms with van der Waals surface area (Å²) >= 11 is 0. The van der Waals surface area contributed by atoms with E-state index in [1.165, 1.54) is 117 Å². The molecular weight excluding hydrogens is 917 g/mol. The summed E-state index contributed by atoms with van der Waals surface area (Å²) in [5.41, 5.74) is 26.1. The second-order valence-electron chi connectivity index (χ2n) is 20.7. The SMILES string of the molecule is c1ccc(-c2cccc(N(c3ccc(-c4ccc5c(c4)C(c4ccccc4)(c4ccccc4)c4ccccc4-5)cc3)c3cccc4c3-c3ccccc3C43c4ccccc4-n4c5ccccc5c5cccc3c54)c2)cc1. The average Bonchev–Trinajstić information content (AvgIpc) is 4.18. The van der Waals surface area contributed by atoms with E-state index in [0.29, 0.717) is 0 Å². The summed E-state index contributed by atoms with van der Waals surface area (Å²) in [6, 6.07) is 109. The van der Waals surface area contributed by atoms with Crippen LogP contribution in [0, 0.1) is 0 Å². The first-order valence-electron chi connectivity index (χ1n) is 26.5. The zero-order chi connectivity index (χ0) is 50.0. The molecule has 1 atom stereocenters. The molecule has 2 heterocycles. The van der Waals surface area contributed by atoms with Gasteiger partial charge in [-0.2, -0.15) is 0 Å². The Kier molecular flexibility index (Phi) is 9.20. The van der Waals surface area contributed by atoms with E-state index in [1.54, 1.807) is 0 Å². The van der Waals surface area contributed by atoms with Gasteiger partial charge in [-0.25, -0.2) is 0 Å². The van der Waals surface area contributed by atoms with Gasteiger partial charge < -0.3 is 9.47 Å². The van der Waals surface area contributed by atoms with E-state index in [4.69, 9.17) is 0 Å². The Hall–Kier alpha value is -9.76. The molecule has 0 bridgehead atoms. The molecule has 1 spiro atoms. The predicted octanol–water partition coefficient (Wildman–Crippen LogP) is 18.6. The third-order valence-corrected chi connectivity index (χ3v) is 17.1. The highest BCUT2D eigenvalue weighted by atomic mass is 15.1. The summed E-state index contributed by atoms with van der Waals surface area (Å²) in [5.74, 6) is 0. The van der Waals surface area contributed by atoms with Crippen molar-refractivity contribution in [3.8, 4) is 50.2 Å². The van der Waals surface area contributed by atoms with Gasteiger partial charge in [-0.15, -0.1) is 0 Å². The van der Waals surface area contributed by atoms with Crippen LogP contribution < -0.4 is 4.90 Å². The van der Waals surface area contributed by atoms with E-state index in [1.807, 2.05) is 0 Å². The van der Waals surface area contributed by atoms with Crippen LogP contribution in [0.1, 0.15) is 44.5 Å². The molecule has 2 nitrogen and oxygen atoms in total. The van der Waals surface area contributed by atoms with Gasteiger partial charge in [0, 0.05) is 27.7 Å².